The molecule has 16 heavy (non-hydrogen) atoms. The summed E-state index contributed by atoms with van der Waals surface area (Å²) in [4.78, 5) is 0. The largest absolute Gasteiger partial charge is 0.373 e. The molecule has 0 rings (SSSR count). The van der Waals surface area contributed by atoms with Crippen molar-refractivity contribution >= 4 is 0 Å². The van der Waals surface area contributed by atoms with Crippen molar-refractivity contribution < 1.29 is 9.47 Å². The Labute approximate surface area is 102 Å². The average molecular weight is 230 g/mol. The molecular formula is C14H30O2. The predicted molar refractivity (Wildman–Crippen MR) is 69.7 cm³/mol. The van der Waals surface area contributed by atoms with Crippen LogP contribution in [0.2, 0.25) is 0 Å². The van der Waals surface area contributed by atoms with E-state index in [2.05, 4.69) is 55.4 Å². The van der Waals surface area contributed by atoms with Gasteiger partial charge in [0.05, 0.1) is 24.4 Å². The first-order valence-corrected chi connectivity index (χ1v) is 6.37. The van der Waals surface area contributed by atoms with Gasteiger partial charge in [0.25, 0.3) is 0 Å². The molecule has 0 aromatic heterocycles. The van der Waals surface area contributed by atoms with E-state index in [9.17, 15) is 0 Å². The van der Waals surface area contributed by atoms with Crippen molar-refractivity contribution in [3.63, 3.8) is 0 Å². The summed E-state index contributed by atoms with van der Waals surface area (Å²) in [6, 6.07) is 0. The second-order valence-electron chi connectivity index (χ2n) is 6.21. The third kappa shape index (κ3) is 5.31. The zero-order valence-corrected chi connectivity index (χ0v) is 12.4. The average Bonchev–Trinajstić information content (AvgIpc) is 2.12. The van der Waals surface area contributed by atoms with E-state index in [0.717, 1.165) is 0 Å². The van der Waals surface area contributed by atoms with Crippen molar-refractivity contribution in [2.45, 2.75) is 66.6 Å². The van der Waals surface area contributed by atoms with Crippen molar-refractivity contribution in [2.75, 3.05) is 13.2 Å². The monoisotopic (exact) mass is 230 g/mol. The maximum Gasteiger partial charge on any atom is 0.0708 e. The summed E-state index contributed by atoms with van der Waals surface area (Å²) in [7, 11) is 0. The smallest absolute Gasteiger partial charge is 0.0708 e. The molecule has 98 valence electrons. The topological polar surface area (TPSA) is 18.5 Å². The third-order valence-corrected chi connectivity index (χ3v) is 3.81. The van der Waals surface area contributed by atoms with Crippen LogP contribution in [0.1, 0.15) is 55.4 Å². The summed E-state index contributed by atoms with van der Waals surface area (Å²) in [5.41, 5.74) is -0.128. The molecule has 0 amide bonds. The van der Waals surface area contributed by atoms with Gasteiger partial charge in [-0.3, -0.25) is 0 Å². The Hall–Kier alpha value is -0.0800. The Bertz CT molecular complexity index is 171. The zero-order valence-electron chi connectivity index (χ0n) is 12.4. The van der Waals surface area contributed by atoms with E-state index >= 15 is 0 Å². The van der Waals surface area contributed by atoms with Gasteiger partial charge in [-0.25, -0.2) is 0 Å². The summed E-state index contributed by atoms with van der Waals surface area (Å²) in [6.07, 6.45) is 0. The Kier molecular flexibility index (Phi) is 5.99. The van der Waals surface area contributed by atoms with E-state index in [4.69, 9.17) is 9.47 Å². The van der Waals surface area contributed by atoms with Gasteiger partial charge in [-0.1, -0.05) is 27.7 Å². The van der Waals surface area contributed by atoms with Gasteiger partial charge in [0, 0.05) is 0 Å². The fourth-order valence-corrected chi connectivity index (χ4v) is 0.943. The molecule has 0 radical (unpaired) electrons. The van der Waals surface area contributed by atoms with E-state index in [1.165, 1.54) is 0 Å². The number of hydrogen-bond acceptors (Lipinski definition) is 2. The minimum atomic E-state index is -0.0642. The van der Waals surface area contributed by atoms with Crippen LogP contribution in [0.15, 0.2) is 0 Å². The first kappa shape index (κ1) is 15.9. The highest BCUT2D eigenvalue weighted by molar-refractivity contribution is 4.74. The minimum absolute atomic E-state index is 0.0642. The first-order chi connectivity index (χ1) is 7.09. The van der Waals surface area contributed by atoms with E-state index in [0.29, 0.717) is 25.0 Å². The minimum Gasteiger partial charge on any atom is -0.373 e. The fourth-order valence-electron chi connectivity index (χ4n) is 0.943. The van der Waals surface area contributed by atoms with Crippen molar-refractivity contribution in [2.24, 2.45) is 11.8 Å². The quantitative estimate of drug-likeness (QED) is 0.618. The molecule has 0 bridgehead atoms. The first-order valence-electron chi connectivity index (χ1n) is 6.37. The van der Waals surface area contributed by atoms with E-state index in [-0.39, 0.29) is 11.2 Å². The van der Waals surface area contributed by atoms with Gasteiger partial charge in [0.2, 0.25) is 0 Å². The molecule has 0 saturated heterocycles. The van der Waals surface area contributed by atoms with Gasteiger partial charge in [0.15, 0.2) is 0 Å². The molecule has 0 spiro atoms. The van der Waals surface area contributed by atoms with Crippen LogP contribution in [0.25, 0.3) is 0 Å². The highest BCUT2D eigenvalue weighted by atomic mass is 16.5. The Balaban J connectivity index is 3.85. The van der Waals surface area contributed by atoms with Crippen LogP contribution in [0.4, 0.5) is 0 Å². The lowest BCUT2D eigenvalue weighted by molar-refractivity contribution is -0.110. The number of rotatable bonds is 7. The molecule has 0 aliphatic heterocycles. The molecule has 0 atom stereocenters. The molecule has 0 fully saturated rings. The van der Waals surface area contributed by atoms with Crippen LogP contribution in [0.5, 0.6) is 0 Å². The lowest BCUT2D eigenvalue weighted by atomic mass is 9.94. The molecule has 0 aliphatic carbocycles. The maximum atomic E-state index is 5.84. The van der Waals surface area contributed by atoms with Gasteiger partial charge in [-0.05, 0) is 39.5 Å². The maximum absolute atomic E-state index is 5.84. The molecule has 0 heterocycles. The van der Waals surface area contributed by atoms with Crippen LogP contribution in [-0.2, 0) is 9.47 Å². The fraction of sp³-hybridized carbons (Fsp3) is 1.00. The molecule has 2 nitrogen and oxygen atoms in total. The van der Waals surface area contributed by atoms with Gasteiger partial charge >= 0.3 is 0 Å². The summed E-state index contributed by atoms with van der Waals surface area (Å²) in [5, 5.41) is 0. The SMILES string of the molecule is CC(C)C(C)(C)OCCOC(C)(C)C(C)C. The Morgan fingerprint density at radius 3 is 1.12 bits per heavy atom. The summed E-state index contributed by atoms with van der Waals surface area (Å²) >= 11 is 0. The van der Waals surface area contributed by atoms with Gasteiger partial charge in [-0.2, -0.15) is 0 Å². The summed E-state index contributed by atoms with van der Waals surface area (Å²) in [5.74, 6) is 1.04. The van der Waals surface area contributed by atoms with Crippen LogP contribution in [-0.4, -0.2) is 24.4 Å². The van der Waals surface area contributed by atoms with Crippen molar-refractivity contribution in [1.82, 2.24) is 0 Å². The van der Waals surface area contributed by atoms with Gasteiger partial charge in [-0.15, -0.1) is 0 Å². The molecule has 0 aromatic carbocycles. The molecule has 0 aromatic rings. The molecular weight excluding hydrogens is 200 g/mol. The van der Waals surface area contributed by atoms with Crippen molar-refractivity contribution in [3.05, 3.63) is 0 Å². The molecule has 0 aliphatic rings. The zero-order chi connectivity index (χ0) is 13.0. The molecule has 2 heteroatoms. The molecule has 0 saturated carbocycles. The highest BCUT2D eigenvalue weighted by Crippen LogP contribution is 2.22. The van der Waals surface area contributed by atoms with E-state index in [1.807, 2.05) is 0 Å². The van der Waals surface area contributed by atoms with Crippen LogP contribution in [0, 0.1) is 11.8 Å². The number of ether oxygens (including phenoxy) is 2. The van der Waals surface area contributed by atoms with Crippen molar-refractivity contribution in [1.29, 1.82) is 0 Å². The summed E-state index contributed by atoms with van der Waals surface area (Å²) in [6.45, 7) is 18.6. The third-order valence-electron chi connectivity index (χ3n) is 3.81. The van der Waals surface area contributed by atoms with E-state index in [1.54, 1.807) is 0 Å². The molecule has 0 N–H and O–H groups in total. The molecule has 0 unspecified atom stereocenters. The van der Waals surface area contributed by atoms with Gasteiger partial charge in [0.1, 0.15) is 0 Å². The van der Waals surface area contributed by atoms with E-state index < -0.39 is 0 Å². The van der Waals surface area contributed by atoms with Crippen molar-refractivity contribution in [3.8, 4) is 0 Å². The second kappa shape index (κ2) is 6.02. The van der Waals surface area contributed by atoms with Crippen LogP contribution < -0.4 is 0 Å². The second-order valence-corrected chi connectivity index (χ2v) is 6.21. The van der Waals surface area contributed by atoms with Gasteiger partial charge < -0.3 is 9.47 Å². The van der Waals surface area contributed by atoms with Crippen LogP contribution in [0.3, 0.4) is 0 Å². The Morgan fingerprint density at radius 1 is 0.688 bits per heavy atom. The summed E-state index contributed by atoms with van der Waals surface area (Å²) < 4.78 is 11.7. The number of hydrogen-bond donors (Lipinski definition) is 0. The Morgan fingerprint density at radius 2 is 0.938 bits per heavy atom. The van der Waals surface area contributed by atoms with Crippen LogP contribution >= 0.6 is 0 Å². The highest BCUT2D eigenvalue weighted by Gasteiger charge is 2.25. The predicted octanol–water partition coefficient (Wildman–Crippen LogP) is 3.89. The lowest BCUT2D eigenvalue weighted by Gasteiger charge is -2.32. The lowest BCUT2D eigenvalue weighted by Crippen LogP contribution is -2.35. The standard InChI is InChI=1S/C14H30O2/c1-11(2)13(5,6)15-9-10-16-14(7,8)12(3)4/h11-12H,9-10H2,1-8H3. The normalized spacial score (nSPS) is 13.9.